The first-order valence-electron chi connectivity index (χ1n) is 3.53. The van der Waals surface area contributed by atoms with Gasteiger partial charge in [-0.25, -0.2) is 0 Å². The molecule has 0 fully saturated rings. The quantitative estimate of drug-likeness (QED) is 0.617. The van der Waals surface area contributed by atoms with E-state index in [0.29, 0.717) is 16.3 Å². The largest absolute Gasteiger partial charge is 0.399 e. The highest BCUT2D eigenvalue weighted by atomic mass is 35.5. The third kappa shape index (κ3) is 2.64. The zero-order chi connectivity index (χ0) is 10.0. The van der Waals surface area contributed by atoms with Crippen LogP contribution in [0.3, 0.4) is 0 Å². The van der Waals surface area contributed by atoms with E-state index < -0.39 is 10.9 Å². The van der Waals surface area contributed by atoms with Crippen molar-refractivity contribution >= 4 is 40.5 Å². The SMILES string of the molecule is Nc1ccc(C(O)C(Cl)Cl)c(Cl)c1. The van der Waals surface area contributed by atoms with Crippen LogP contribution in [-0.2, 0) is 0 Å². The van der Waals surface area contributed by atoms with Crippen molar-refractivity contribution in [3.8, 4) is 0 Å². The van der Waals surface area contributed by atoms with Crippen LogP contribution in [0.25, 0.3) is 0 Å². The van der Waals surface area contributed by atoms with Gasteiger partial charge in [0.05, 0.1) is 0 Å². The molecule has 3 N–H and O–H groups in total. The molecular formula is C8H8Cl3NO. The molecule has 0 aliphatic rings. The van der Waals surface area contributed by atoms with E-state index in [9.17, 15) is 5.11 Å². The number of nitrogen functional groups attached to an aromatic ring is 1. The number of alkyl halides is 2. The Labute approximate surface area is 91.2 Å². The molecule has 1 rings (SSSR count). The highest BCUT2D eigenvalue weighted by Crippen LogP contribution is 2.30. The summed E-state index contributed by atoms with van der Waals surface area (Å²) in [4.78, 5) is -0.902. The highest BCUT2D eigenvalue weighted by molar-refractivity contribution is 6.44. The lowest BCUT2D eigenvalue weighted by Gasteiger charge is -2.13. The summed E-state index contributed by atoms with van der Waals surface area (Å²) in [5, 5.41) is 9.84. The molecule has 72 valence electrons. The molecule has 1 aromatic carbocycles. The van der Waals surface area contributed by atoms with E-state index in [1.165, 1.54) is 6.07 Å². The normalized spacial score (nSPS) is 13.3. The van der Waals surface area contributed by atoms with Crippen LogP contribution < -0.4 is 5.73 Å². The van der Waals surface area contributed by atoms with E-state index >= 15 is 0 Å². The van der Waals surface area contributed by atoms with Crippen molar-refractivity contribution in [2.24, 2.45) is 0 Å². The molecule has 0 saturated heterocycles. The maximum absolute atomic E-state index is 9.48. The first-order chi connectivity index (χ1) is 6.02. The fourth-order valence-corrected chi connectivity index (χ4v) is 1.49. The Morgan fingerprint density at radius 3 is 2.38 bits per heavy atom. The lowest BCUT2D eigenvalue weighted by Crippen LogP contribution is -2.06. The lowest BCUT2D eigenvalue weighted by atomic mass is 10.1. The zero-order valence-corrected chi connectivity index (χ0v) is 8.81. The summed E-state index contributed by atoms with van der Waals surface area (Å²) in [6.45, 7) is 0. The van der Waals surface area contributed by atoms with Gasteiger partial charge >= 0.3 is 0 Å². The molecule has 0 aliphatic carbocycles. The van der Waals surface area contributed by atoms with Crippen LogP contribution >= 0.6 is 34.8 Å². The van der Waals surface area contributed by atoms with E-state index in [2.05, 4.69) is 0 Å². The molecule has 0 aromatic heterocycles. The molecule has 1 atom stereocenters. The van der Waals surface area contributed by atoms with Gasteiger partial charge in [0, 0.05) is 16.3 Å². The Bertz CT molecular complexity index is 303. The van der Waals surface area contributed by atoms with Crippen LogP contribution in [0.1, 0.15) is 11.7 Å². The van der Waals surface area contributed by atoms with Crippen molar-refractivity contribution in [1.29, 1.82) is 0 Å². The number of benzene rings is 1. The van der Waals surface area contributed by atoms with Gasteiger partial charge in [0.1, 0.15) is 10.9 Å². The molecule has 0 spiro atoms. The second-order valence-corrected chi connectivity index (χ2v) is 4.13. The van der Waals surface area contributed by atoms with Gasteiger partial charge in [-0.1, -0.05) is 17.7 Å². The Morgan fingerprint density at radius 1 is 1.31 bits per heavy atom. The van der Waals surface area contributed by atoms with Crippen LogP contribution in [0.15, 0.2) is 18.2 Å². The van der Waals surface area contributed by atoms with Crippen LogP contribution in [0.2, 0.25) is 5.02 Å². The lowest BCUT2D eigenvalue weighted by molar-refractivity contribution is 0.193. The number of aliphatic hydroxyl groups is 1. The number of halogens is 3. The van der Waals surface area contributed by atoms with Crippen molar-refractivity contribution in [3.63, 3.8) is 0 Å². The van der Waals surface area contributed by atoms with Gasteiger partial charge in [0.2, 0.25) is 0 Å². The molecule has 5 heteroatoms. The van der Waals surface area contributed by atoms with Gasteiger partial charge in [-0.3, -0.25) is 0 Å². The van der Waals surface area contributed by atoms with Crippen LogP contribution in [0, 0.1) is 0 Å². The van der Waals surface area contributed by atoms with Gasteiger partial charge in [-0.15, -0.1) is 23.2 Å². The van der Waals surface area contributed by atoms with Gasteiger partial charge in [0.25, 0.3) is 0 Å². The maximum Gasteiger partial charge on any atom is 0.137 e. The standard InChI is InChI=1S/C8H8Cl3NO/c9-6-3-4(12)1-2-5(6)7(13)8(10)11/h1-3,7-8,13H,12H2. The maximum atomic E-state index is 9.48. The first-order valence-corrected chi connectivity index (χ1v) is 4.78. The van der Waals surface area contributed by atoms with Crippen LogP contribution in [-0.4, -0.2) is 9.94 Å². The summed E-state index contributed by atoms with van der Waals surface area (Å²) in [6.07, 6.45) is -0.989. The van der Waals surface area contributed by atoms with Gasteiger partial charge in [-0.05, 0) is 12.1 Å². The zero-order valence-electron chi connectivity index (χ0n) is 6.55. The number of hydrogen-bond donors (Lipinski definition) is 2. The van der Waals surface area contributed by atoms with E-state index in [4.69, 9.17) is 40.5 Å². The molecule has 0 saturated carbocycles. The summed E-state index contributed by atoms with van der Waals surface area (Å²) in [7, 11) is 0. The van der Waals surface area contributed by atoms with Gasteiger partial charge in [0.15, 0.2) is 0 Å². The molecule has 0 heterocycles. The summed E-state index contributed by atoms with van der Waals surface area (Å²) >= 11 is 16.8. The van der Waals surface area contributed by atoms with Crippen LogP contribution in [0.4, 0.5) is 5.69 Å². The molecular weight excluding hydrogens is 232 g/mol. The predicted molar refractivity (Wildman–Crippen MR) is 56.3 cm³/mol. The van der Waals surface area contributed by atoms with E-state index in [0.717, 1.165) is 0 Å². The average Bonchev–Trinajstić information content (AvgIpc) is 2.03. The molecule has 1 aromatic rings. The number of aliphatic hydroxyl groups excluding tert-OH is 1. The molecule has 0 radical (unpaired) electrons. The Hall–Kier alpha value is -0.150. The van der Waals surface area contributed by atoms with Gasteiger partial charge < -0.3 is 10.8 Å². The topological polar surface area (TPSA) is 46.2 Å². The molecule has 1 unspecified atom stereocenters. The summed E-state index contributed by atoms with van der Waals surface area (Å²) in [5.41, 5.74) is 6.48. The minimum absolute atomic E-state index is 0.360. The Kier molecular flexibility index (Phi) is 3.68. The number of hydrogen-bond acceptors (Lipinski definition) is 2. The highest BCUT2D eigenvalue weighted by Gasteiger charge is 2.18. The van der Waals surface area contributed by atoms with E-state index in [1.54, 1.807) is 12.1 Å². The first kappa shape index (κ1) is 10.9. The fraction of sp³-hybridized carbons (Fsp3) is 0.250. The fourth-order valence-electron chi connectivity index (χ4n) is 0.919. The number of rotatable bonds is 2. The monoisotopic (exact) mass is 239 g/mol. The molecule has 2 nitrogen and oxygen atoms in total. The van der Waals surface area contributed by atoms with Crippen molar-refractivity contribution < 1.29 is 5.11 Å². The smallest absolute Gasteiger partial charge is 0.137 e. The average molecular weight is 241 g/mol. The molecule has 0 aliphatic heterocycles. The Balaban J connectivity index is 3.01. The predicted octanol–water partition coefficient (Wildman–Crippen LogP) is 2.76. The third-order valence-corrected chi connectivity index (χ3v) is 2.39. The van der Waals surface area contributed by atoms with Crippen molar-refractivity contribution in [2.45, 2.75) is 10.9 Å². The van der Waals surface area contributed by atoms with Crippen molar-refractivity contribution in [3.05, 3.63) is 28.8 Å². The van der Waals surface area contributed by atoms with Crippen LogP contribution in [0.5, 0.6) is 0 Å². The van der Waals surface area contributed by atoms with E-state index in [-0.39, 0.29) is 0 Å². The minimum Gasteiger partial charge on any atom is -0.399 e. The molecule has 0 bridgehead atoms. The van der Waals surface area contributed by atoms with E-state index in [1.807, 2.05) is 0 Å². The summed E-state index contributed by atoms with van der Waals surface area (Å²) in [6, 6.07) is 4.76. The van der Waals surface area contributed by atoms with Gasteiger partial charge in [-0.2, -0.15) is 0 Å². The van der Waals surface area contributed by atoms with Crippen molar-refractivity contribution in [1.82, 2.24) is 0 Å². The Morgan fingerprint density at radius 2 is 1.92 bits per heavy atom. The minimum atomic E-state index is -0.989. The summed E-state index contributed by atoms with van der Waals surface area (Å²) in [5.74, 6) is 0. The van der Waals surface area contributed by atoms with Crippen molar-refractivity contribution in [2.75, 3.05) is 5.73 Å². The number of nitrogens with two attached hydrogens (primary N) is 1. The number of anilines is 1. The molecule has 13 heavy (non-hydrogen) atoms. The molecule has 0 amide bonds. The summed E-state index contributed by atoms with van der Waals surface area (Å²) < 4.78 is 0. The third-order valence-electron chi connectivity index (χ3n) is 1.58. The second-order valence-electron chi connectivity index (χ2n) is 2.56. The second kappa shape index (κ2) is 4.38.